The Morgan fingerprint density at radius 1 is 1.16 bits per heavy atom. The first-order valence-corrected chi connectivity index (χ1v) is 6.93. The number of ether oxygens (including phenoxy) is 1. The summed E-state index contributed by atoms with van der Waals surface area (Å²) in [5.41, 5.74) is 5.33. The van der Waals surface area contributed by atoms with Crippen molar-refractivity contribution in [3.8, 4) is 0 Å². The van der Waals surface area contributed by atoms with Crippen molar-refractivity contribution < 1.29 is 19.1 Å². The van der Waals surface area contributed by atoms with Crippen molar-refractivity contribution in [3.05, 3.63) is 0 Å². The molecule has 0 aromatic carbocycles. The van der Waals surface area contributed by atoms with E-state index in [2.05, 4.69) is 4.74 Å². The summed E-state index contributed by atoms with van der Waals surface area (Å²) in [5.74, 6) is -2.04. The molecule has 0 spiro atoms. The molecule has 108 valence electrons. The number of hydrogen-bond donors (Lipinski definition) is 1. The smallest absolute Gasteiger partial charge is 0.306 e. The van der Waals surface area contributed by atoms with Crippen LogP contribution in [0.1, 0.15) is 44.9 Å². The van der Waals surface area contributed by atoms with Gasteiger partial charge in [-0.15, -0.1) is 0 Å². The first-order chi connectivity index (χ1) is 9.10. The van der Waals surface area contributed by atoms with Crippen LogP contribution in [0.2, 0.25) is 0 Å². The van der Waals surface area contributed by atoms with Gasteiger partial charge in [0.2, 0.25) is 0 Å². The van der Waals surface area contributed by atoms with E-state index in [9.17, 15) is 14.4 Å². The largest absolute Gasteiger partial charge is 0.469 e. The first kappa shape index (κ1) is 15.8. The average Bonchev–Trinajstić information content (AvgIpc) is 2.71. The monoisotopic (exact) mass is 269 g/mol. The molecule has 19 heavy (non-hydrogen) atoms. The Hall–Kier alpha value is -1.23. The zero-order chi connectivity index (χ0) is 14.3. The fourth-order valence-corrected chi connectivity index (χ4v) is 2.61. The van der Waals surface area contributed by atoms with Gasteiger partial charge in [-0.2, -0.15) is 0 Å². The highest BCUT2D eigenvalue weighted by molar-refractivity contribution is 6.06. The van der Waals surface area contributed by atoms with E-state index in [-0.39, 0.29) is 30.4 Å². The highest BCUT2D eigenvalue weighted by atomic mass is 16.5. The van der Waals surface area contributed by atoms with Gasteiger partial charge in [0.1, 0.15) is 5.78 Å². The number of Topliss-reactive ketones (excluding diaryl/α,β-unsaturated/α-hetero) is 2. The Labute approximate surface area is 113 Å². The highest BCUT2D eigenvalue weighted by Crippen LogP contribution is 2.27. The van der Waals surface area contributed by atoms with Crippen LogP contribution in [0.25, 0.3) is 0 Å². The number of carbonyl (C=O) groups is 3. The minimum Gasteiger partial charge on any atom is -0.469 e. The highest BCUT2D eigenvalue weighted by Gasteiger charge is 2.33. The number of carbonyl (C=O) groups excluding carboxylic acids is 3. The Bertz CT molecular complexity index is 332. The van der Waals surface area contributed by atoms with E-state index in [1.165, 1.54) is 7.11 Å². The van der Waals surface area contributed by atoms with Gasteiger partial charge in [0.25, 0.3) is 0 Å². The predicted octanol–water partition coefficient (Wildman–Crippen LogP) is 1.23. The van der Waals surface area contributed by atoms with E-state index in [4.69, 9.17) is 5.73 Å². The predicted molar refractivity (Wildman–Crippen MR) is 70.4 cm³/mol. The Kier molecular flexibility index (Phi) is 6.70. The molecule has 0 bridgehead atoms. The van der Waals surface area contributed by atoms with Crippen LogP contribution in [0.4, 0.5) is 0 Å². The lowest BCUT2D eigenvalue weighted by molar-refractivity contribution is -0.147. The Morgan fingerprint density at radius 3 is 2.21 bits per heavy atom. The zero-order valence-corrected chi connectivity index (χ0v) is 11.5. The van der Waals surface area contributed by atoms with E-state index in [1.807, 2.05) is 0 Å². The molecule has 1 unspecified atom stereocenters. The number of esters is 1. The van der Waals surface area contributed by atoms with E-state index in [0.29, 0.717) is 0 Å². The summed E-state index contributed by atoms with van der Waals surface area (Å²) in [4.78, 5) is 35.5. The Morgan fingerprint density at radius 2 is 1.74 bits per heavy atom. The van der Waals surface area contributed by atoms with Crippen molar-refractivity contribution in [2.45, 2.75) is 44.9 Å². The summed E-state index contributed by atoms with van der Waals surface area (Å²) in [5, 5.41) is 0. The lowest BCUT2D eigenvalue weighted by Gasteiger charge is -2.19. The molecule has 0 aromatic heterocycles. The molecule has 0 heterocycles. The second-order valence-electron chi connectivity index (χ2n) is 5.09. The lowest BCUT2D eigenvalue weighted by atomic mass is 9.83. The molecule has 1 aliphatic rings. The van der Waals surface area contributed by atoms with Crippen LogP contribution >= 0.6 is 0 Å². The van der Waals surface area contributed by atoms with Gasteiger partial charge in [-0.25, -0.2) is 0 Å². The number of hydrogen-bond acceptors (Lipinski definition) is 5. The average molecular weight is 269 g/mol. The van der Waals surface area contributed by atoms with Crippen LogP contribution in [0.15, 0.2) is 0 Å². The van der Waals surface area contributed by atoms with Gasteiger partial charge in [-0.1, -0.05) is 25.7 Å². The van der Waals surface area contributed by atoms with Crippen molar-refractivity contribution in [1.29, 1.82) is 0 Å². The molecule has 1 atom stereocenters. The molecule has 0 aromatic rings. The molecule has 0 aliphatic heterocycles. The zero-order valence-electron chi connectivity index (χ0n) is 11.5. The van der Waals surface area contributed by atoms with E-state index < -0.39 is 11.9 Å². The van der Waals surface area contributed by atoms with Gasteiger partial charge in [0, 0.05) is 5.92 Å². The molecule has 1 aliphatic carbocycles. The minimum absolute atomic E-state index is 0.104. The van der Waals surface area contributed by atoms with Crippen molar-refractivity contribution in [3.63, 3.8) is 0 Å². The van der Waals surface area contributed by atoms with Gasteiger partial charge in [0.15, 0.2) is 5.78 Å². The maximum Gasteiger partial charge on any atom is 0.306 e. The molecule has 0 radical (unpaired) electrons. The molecule has 5 heteroatoms. The van der Waals surface area contributed by atoms with Gasteiger partial charge in [0.05, 0.1) is 26.0 Å². The molecule has 1 saturated carbocycles. The molecule has 0 saturated heterocycles. The van der Waals surface area contributed by atoms with E-state index >= 15 is 0 Å². The summed E-state index contributed by atoms with van der Waals surface area (Å²) < 4.78 is 4.55. The summed E-state index contributed by atoms with van der Waals surface area (Å²) in [6.07, 6.45) is 5.74. The third kappa shape index (κ3) is 4.74. The first-order valence-electron chi connectivity index (χ1n) is 6.93. The van der Waals surface area contributed by atoms with Crippen molar-refractivity contribution in [2.24, 2.45) is 17.6 Å². The van der Waals surface area contributed by atoms with Crippen molar-refractivity contribution in [1.82, 2.24) is 0 Å². The standard InChI is InChI=1S/C14H23NO4/c1-19-13(17)8-11(12(16)9-15)14(18)10-6-4-2-3-5-7-10/h10-11H,2-9,15H2,1H3. The summed E-state index contributed by atoms with van der Waals surface area (Å²) in [7, 11) is 1.25. The van der Waals surface area contributed by atoms with Crippen LogP contribution in [0, 0.1) is 11.8 Å². The van der Waals surface area contributed by atoms with Crippen molar-refractivity contribution >= 4 is 17.5 Å². The lowest BCUT2D eigenvalue weighted by Crippen LogP contribution is -2.35. The third-order valence-corrected chi connectivity index (χ3v) is 3.79. The molecular weight excluding hydrogens is 246 g/mol. The van der Waals surface area contributed by atoms with Crippen LogP contribution in [0.5, 0.6) is 0 Å². The minimum atomic E-state index is -0.916. The van der Waals surface area contributed by atoms with Crippen LogP contribution in [-0.2, 0) is 19.1 Å². The molecule has 5 nitrogen and oxygen atoms in total. The van der Waals surface area contributed by atoms with Gasteiger partial charge in [-0.05, 0) is 12.8 Å². The molecule has 1 rings (SSSR count). The molecular formula is C14H23NO4. The molecule has 0 amide bonds. The quantitative estimate of drug-likeness (QED) is 0.445. The van der Waals surface area contributed by atoms with Gasteiger partial charge < -0.3 is 10.5 Å². The summed E-state index contributed by atoms with van der Waals surface area (Å²) >= 11 is 0. The third-order valence-electron chi connectivity index (χ3n) is 3.79. The fourth-order valence-electron chi connectivity index (χ4n) is 2.61. The molecule has 2 N–H and O–H groups in total. The Balaban J connectivity index is 2.74. The van der Waals surface area contributed by atoms with E-state index in [1.54, 1.807) is 0 Å². The fraction of sp³-hybridized carbons (Fsp3) is 0.786. The van der Waals surface area contributed by atoms with Crippen LogP contribution < -0.4 is 5.73 Å². The van der Waals surface area contributed by atoms with Crippen molar-refractivity contribution in [2.75, 3.05) is 13.7 Å². The number of nitrogens with two attached hydrogens (primary N) is 1. The van der Waals surface area contributed by atoms with Gasteiger partial charge in [-0.3, -0.25) is 14.4 Å². The number of methoxy groups -OCH3 is 1. The van der Waals surface area contributed by atoms with E-state index in [0.717, 1.165) is 38.5 Å². The second kappa shape index (κ2) is 8.04. The maximum atomic E-state index is 12.4. The number of rotatable bonds is 6. The summed E-state index contributed by atoms with van der Waals surface area (Å²) in [6.45, 7) is -0.208. The number of ketones is 2. The maximum absolute atomic E-state index is 12.4. The summed E-state index contributed by atoms with van der Waals surface area (Å²) in [6, 6.07) is 0. The second-order valence-corrected chi connectivity index (χ2v) is 5.09. The van der Waals surface area contributed by atoms with Crippen LogP contribution in [0.3, 0.4) is 0 Å². The van der Waals surface area contributed by atoms with Gasteiger partial charge >= 0.3 is 5.97 Å². The normalized spacial score (nSPS) is 18.4. The van der Waals surface area contributed by atoms with Crippen LogP contribution in [-0.4, -0.2) is 31.2 Å². The topological polar surface area (TPSA) is 86.5 Å². The molecule has 1 fully saturated rings. The SMILES string of the molecule is COC(=O)CC(C(=O)CN)C(=O)C1CCCCCC1.